The zero-order chi connectivity index (χ0) is 27.4. The van der Waals surface area contributed by atoms with Gasteiger partial charge in [0.05, 0.1) is 27.9 Å². The first kappa shape index (κ1) is 34.5. The van der Waals surface area contributed by atoms with Crippen LogP contribution in [-0.4, -0.2) is 33.7 Å². The first-order valence-electron chi connectivity index (χ1n) is 12.7. The number of benzene rings is 2. The number of phosphoric acid groups is 1. The van der Waals surface area contributed by atoms with E-state index < -0.39 is 7.82 Å². The Labute approximate surface area is 249 Å². The molecule has 0 heterocycles. The molecule has 2 rings (SSSR count). The molecule has 0 bridgehead atoms. The maximum atomic E-state index is 12.9. The number of hydrogen-bond acceptors (Lipinski definition) is 8. The third-order valence-electron chi connectivity index (χ3n) is 6.11. The van der Waals surface area contributed by atoms with Crippen molar-refractivity contribution < 1.29 is 67.1 Å². The first-order chi connectivity index (χ1) is 17.6. The molecule has 0 saturated carbocycles. The summed E-state index contributed by atoms with van der Waals surface area (Å²) in [5, 5.41) is 0. The Balaban J connectivity index is 0.00000722. The maximum Gasteiger partial charge on any atom is 1.00 e. The Kier molecular flexibility index (Phi) is 15.6. The predicted molar refractivity (Wildman–Crippen MR) is 142 cm³/mol. The van der Waals surface area contributed by atoms with E-state index in [2.05, 4.69) is 20.8 Å². The van der Waals surface area contributed by atoms with Gasteiger partial charge in [-0.1, -0.05) is 52.2 Å². The summed E-state index contributed by atoms with van der Waals surface area (Å²) in [5.41, 5.74) is 1.20. The molecule has 10 heteroatoms. The van der Waals surface area contributed by atoms with E-state index in [0.29, 0.717) is 47.5 Å². The maximum absolute atomic E-state index is 12.9. The van der Waals surface area contributed by atoms with Crippen LogP contribution in [0.5, 0.6) is 23.0 Å². The van der Waals surface area contributed by atoms with Crippen LogP contribution in [0.4, 0.5) is 0 Å². The Morgan fingerprint density at radius 2 is 1.50 bits per heavy atom. The molecule has 0 amide bonds. The Hall–Kier alpha value is -1.54. The average molecular weight is 559 g/mol. The fourth-order valence-corrected chi connectivity index (χ4v) is 4.68. The van der Waals surface area contributed by atoms with Gasteiger partial charge in [-0.15, -0.1) is 0 Å². The Bertz CT molecular complexity index is 1020. The minimum atomic E-state index is -4.47. The van der Waals surface area contributed by atoms with Crippen molar-refractivity contribution in [2.24, 2.45) is 11.8 Å². The van der Waals surface area contributed by atoms with Crippen LogP contribution in [0.25, 0.3) is 0 Å². The van der Waals surface area contributed by atoms with Crippen molar-refractivity contribution in [3.8, 4) is 23.0 Å². The minimum absolute atomic E-state index is 0. The van der Waals surface area contributed by atoms with Gasteiger partial charge in [-0.3, -0.25) is 9.36 Å². The normalized spacial score (nSPS) is 13.3. The standard InChI is InChI=1S/C28H41O8P.Na/c1-20(2)8-7-9-21(3)16-17-35-37(30,31)36-23-13-10-22(11-14-23)12-15-25(29)28-26(33-5)18-24(32-4)19-27(28)34-6;/h10-11,13-14,18-21H,7-9,12,15-17H2,1-6H3,(H,30,31);/q;+1/p-1. The van der Waals surface area contributed by atoms with E-state index in [0.717, 1.165) is 18.4 Å². The van der Waals surface area contributed by atoms with E-state index in [1.807, 2.05) is 0 Å². The van der Waals surface area contributed by atoms with Crippen LogP contribution >= 0.6 is 7.82 Å². The molecule has 2 aromatic rings. The fourth-order valence-electron chi connectivity index (χ4n) is 3.92. The molecule has 8 nitrogen and oxygen atoms in total. The Morgan fingerprint density at radius 1 is 0.895 bits per heavy atom. The monoisotopic (exact) mass is 558 g/mol. The molecule has 2 atom stereocenters. The number of rotatable bonds is 17. The summed E-state index contributed by atoms with van der Waals surface area (Å²) in [5.74, 6) is 2.35. The molecular weight excluding hydrogens is 518 g/mol. The molecule has 0 aliphatic rings. The predicted octanol–water partition coefficient (Wildman–Crippen LogP) is 3.25. The van der Waals surface area contributed by atoms with E-state index in [4.69, 9.17) is 23.3 Å². The van der Waals surface area contributed by atoms with Crippen molar-refractivity contribution in [3.05, 3.63) is 47.5 Å². The third kappa shape index (κ3) is 11.7. The van der Waals surface area contributed by atoms with Crippen LogP contribution in [0.15, 0.2) is 36.4 Å². The van der Waals surface area contributed by atoms with E-state index in [9.17, 15) is 14.3 Å². The molecule has 0 aromatic heterocycles. The second-order valence-electron chi connectivity index (χ2n) is 9.56. The summed E-state index contributed by atoms with van der Waals surface area (Å²) in [6, 6.07) is 9.83. The quantitative estimate of drug-likeness (QED) is 0.166. The van der Waals surface area contributed by atoms with Crippen molar-refractivity contribution in [3.63, 3.8) is 0 Å². The van der Waals surface area contributed by atoms with Gasteiger partial charge in [-0.05, 0) is 42.4 Å². The summed E-state index contributed by atoms with van der Waals surface area (Å²) in [7, 11) is 0.0252. The van der Waals surface area contributed by atoms with E-state index in [1.165, 1.54) is 27.8 Å². The topological polar surface area (TPSA) is 103 Å². The van der Waals surface area contributed by atoms with Crippen molar-refractivity contribution in [2.75, 3.05) is 27.9 Å². The molecular formula is C28H40NaO8P. The molecule has 0 radical (unpaired) electrons. The SMILES string of the molecule is COc1cc(OC)c(C(=O)CCc2ccc(OP(=O)([O-])OCCC(C)CCCC(C)C)cc2)c(OC)c1.[Na+]. The first-order valence-corrected chi connectivity index (χ1v) is 14.1. The van der Waals surface area contributed by atoms with E-state index in [1.54, 1.807) is 36.4 Å². The molecule has 0 spiro atoms. The van der Waals surface area contributed by atoms with Crippen molar-refractivity contribution >= 4 is 13.6 Å². The molecule has 0 aliphatic carbocycles. The van der Waals surface area contributed by atoms with Crippen molar-refractivity contribution in [2.45, 2.75) is 59.3 Å². The van der Waals surface area contributed by atoms with Crippen LogP contribution in [-0.2, 0) is 15.5 Å². The summed E-state index contributed by atoms with van der Waals surface area (Å²) in [6.45, 7) is 6.59. The van der Waals surface area contributed by atoms with Gasteiger partial charge in [-0.2, -0.15) is 0 Å². The van der Waals surface area contributed by atoms with E-state index >= 15 is 0 Å². The number of carbonyl (C=O) groups is 1. The van der Waals surface area contributed by atoms with Gasteiger partial charge >= 0.3 is 37.4 Å². The largest absolute Gasteiger partial charge is 1.00 e. The van der Waals surface area contributed by atoms with Gasteiger partial charge in [0.25, 0.3) is 0 Å². The van der Waals surface area contributed by atoms with E-state index in [-0.39, 0.29) is 54.1 Å². The number of ketones is 1. The molecule has 2 unspecified atom stereocenters. The molecule has 0 fully saturated rings. The third-order valence-corrected chi connectivity index (χ3v) is 7.05. The number of ether oxygens (including phenoxy) is 3. The molecule has 0 saturated heterocycles. The summed E-state index contributed by atoms with van der Waals surface area (Å²) < 4.78 is 38.3. The molecule has 0 N–H and O–H groups in total. The number of aryl methyl sites for hydroxylation is 1. The number of carbonyl (C=O) groups excluding carboxylic acids is 1. The summed E-state index contributed by atoms with van der Waals surface area (Å²) in [4.78, 5) is 25.2. The zero-order valence-electron chi connectivity index (χ0n) is 23.8. The van der Waals surface area contributed by atoms with Gasteiger partial charge in [0, 0.05) is 18.6 Å². The van der Waals surface area contributed by atoms with Gasteiger partial charge < -0.3 is 28.2 Å². The summed E-state index contributed by atoms with van der Waals surface area (Å²) >= 11 is 0. The van der Waals surface area contributed by atoms with Crippen LogP contribution in [0.2, 0.25) is 0 Å². The zero-order valence-corrected chi connectivity index (χ0v) is 26.7. The number of methoxy groups -OCH3 is 3. The fraction of sp³-hybridized carbons (Fsp3) is 0.536. The van der Waals surface area contributed by atoms with Crippen molar-refractivity contribution in [1.82, 2.24) is 0 Å². The van der Waals surface area contributed by atoms with Gasteiger partial charge in [0.15, 0.2) is 5.78 Å². The van der Waals surface area contributed by atoms with Crippen molar-refractivity contribution in [1.29, 1.82) is 0 Å². The average Bonchev–Trinajstić information content (AvgIpc) is 2.86. The number of hydrogen-bond donors (Lipinski definition) is 0. The second-order valence-corrected chi connectivity index (χ2v) is 10.9. The number of phosphoric ester groups is 1. The molecule has 2 aromatic carbocycles. The second kappa shape index (κ2) is 17.2. The van der Waals surface area contributed by atoms with Crippen LogP contribution in [0.1, 0.15) is 68.8 Å². The van der Waals surface area contributed by atoms with Gasteiger partial charge in [0.2, 0.25) is 0 Å². The molecule has 206 valence electrons. The van der Waals surface area contributed by atoms with Gasteiger partial charge in [-0.25, -0.2) is 0 Å². The van der Waals surface area contributed by atoms with Gasteiger partial charge in [0.1, 0.15) is 28.6 Å². The van der Waals surface area contributed by atoms with Crippen LogP contribution in [0, 0.1) is 11.8 Å². The number of Topliss-reactive ketones (excluding diaryl/α,β-unsaturated/α-hetero) is 1. The molecule has 38 heavy (non-hydrogen) atoms. The smallest absolute Gasteiger partial charge is 0.746 e. The van der Waals surface area contributed by atoms with Crippen LogP contribution < -0.4 is 53.2 Å². The molecule has 0 aliphatic heterocycles. The summed E-state index contributed by atoms with van der Waals surface area (Å²) in [6.07, 6.45) is 4.65. The minimum Gasteiger partial charge on any atom is -0.746 e. The Morgan fingerprint density at radius 3 is 2.03 bits per heavy atom. The van der Waals surface area contributed by atoms with Crippen LogP contribution in [0.3, 0.4) is 0 Å².